The summed E-state index contributed by atoms with van der Waals surface area (Å²) in [5.74, 6) is -3.31. The van der Waals surface area contributed by atoms with Gasteiger partial charge in [0.15, 0.2) is 0 Å². The standard InChI is InChI=1S/C30H37N3O7/c1-18-9-10-19(2)21(16-18)32-13-6-4-5-8-23(35)31-17-20(3)39-29(38)24-22-11-12-30(40-22)25(24)27(36)33(14-7-15-34)26(30)28(32)37/h4,6,9-12,16,20,22,24-26,34H,5,7-8,13-15,17H2,1-3H3,(H,31,35)/b6-4-/t20-,22+,24-,25-,26+,30-/m0/s1. The molecule has 1 spiro atoms. The van der Waals surface area contributed by atoms with Gasteiger partial charge in [-0.1, -0.05) is 36.4 Å². The lowest BCUT2D eigenvalue weighted by atomic mass is 9.74. The van der Waals surface area contributed by atoms with Gasteiger partial charge in [0.25, 0.3) is 5.91 Å². The van der Waals surface area contributed by atoms with Crippen molar-refractivity contribution in [3.8, 4) is 0 Å². The zero-order valence-corrected chi connectivity index (χ0v) is 23.2. The quantitative estimate of drug-likeness (QED) is 0.430. The summed E-state index contributed by atoms with van der Waals surface area (Å²) in [6.07, 6.45) is 6.93. The fourth-order valence-electron chi connectivity index (χ4n) is 6.34. The summed E-state index contributed by atoms with van der Waals surface area (Å²) in [7, 11) is 0. The highest BCUT2D eigenvalue weighted by molar-refractivity contribution is 6.05. The number of hydrogen-bond acceptors (Lipinski definition) is 7. The van der Waals surface area contributed by atoms with E-state index in [1.807, 2.05) is 44.2 Å². The number of carbonyl (C=O) groups excluding carboxylic acids is 4. The van der Waals surface area contributed by atoms with Crippen LogP contribution in [0.1, 0.15) is 37.3 Å². The molecule has 5 rings (SSSR count). The summed E-state index contributed by atoms with van der Waals surface area (Å²) >= 11 is 0. The van der Waals surface area contributed by atoms with Gasteiger partial charge in [-0.05, 0) is 50.8 Å². The van der Waals surface area contributed by atoms with Crippen LogP contribution in [0.2, 0.25) is 0 Å². The summed E-state index contributed by atoms with van der Waals surface area (Å²) in [6, 6.07) is 4.83. The number of fused-ring (bicyclic) bond motifs is 2. The van der Waals surface area contributed by atoms with Crippen LogP contribution in [0.15, 0.2) is 42.5 Å². The number of aliphatic hydroxyl groups excluding tert-OH is 1. The molecule has 3 amide bonds. The first-order valence-corrected chi connectivity index (χ1v) is 14.0. The first kappa shape index (κ1) is 28.0. The van der Waals surface area contributed by atoms with Gasteiger partial charge in [0.1, 0.15) is 23.7 Å². The number of aliphatic hydroxyl groups is 1. The van der Waals surface area contributed by atoms with E-state index in [0.717, 1.165) is 11.1 Å². The first-order chi connectivity index (χ1) is 19.2. The number of esters is 1. The summed E-state index contributed by atoms with van der Waals surface area (Å²) in [6.45, 7) is 5.92. The van der Waals surface area contributed by atoms with Crippen LogP contribution in [0, 0.1) is 25.7 Å². The molecular weight excluding hydrogens is 514 g/mol. The minimum absolute atomic E-state index is 0.145. The molecule has 1 aromatic rings. The number of amides is 3. The second kappa shape index (κ2) is 11.2. The van der Waals surface area contributed by atoms with Crippen molar-refractivity contribution in [2.45, 2.75) is 63.9 Å². The van der Waals surface area contributed by atoms with Crippen molar-refractivity contribution < 1.29 is 33.8 Å². The third-order valence-electron chi connectivity index (χ3n) is 8.26. The Morgan fingerprint density at radius 1 is 1.12 bits per heavy atom. The van der Waals surface area contributed by atoms with Crippen LogP contribution in [-0.2, 0) is 28.7 Å². The number of likely N-dealkylation sites (tertiary alicyclic amines) is 1. The van der Waals surface area contributed by atoms with Gasteiger partial charge in [-0.15, -0.1) is 0 Å². The van der Waals surface area contributed by atoms with E-state index in [-0.39, 0.29) is 56.8 Å². The fourth-order valence-corrected chi connectivity index (χ4v) is 6.34. The molecule has 0 aliphatic carbocycles. The molecule has 5 bridgehead atoms. The number of anilines is 1. The second-order valence-electron chi connectivity index (χ2n) is 11.1. The van der Waals surface area contributed by atoms with Gasteiger partial charge < -0.3 is 29.7 Å². The normalized spacial score (nSPS) is 33.2. The van der Waals surface area contributed by atoms with Gasteiger partial charge in [0, 0.05) is 31.8 Å². The third-order valence-corrected chi connectivity index (χ3v) is 8.26. The molecule has 214 valence electrons. The summed E-state index contributed by atoms with van der Waals surface area (Å²) in [5, 5.41) is 12.4. The maximum Gasteiger partial charge on any atom is 0.313 e. The molecule has 0 aromatic heterocycles. The number of allylic oxidation sites excluding steroid dienone is 1. The lowest BCUT2D eigenvalue weighted by Crippen LogP contribution is -2.56. The molecule has 4 heterocycles. The van der Waals surface area contributed by atoms with Gasteiger partial charge in [-0.2, -0.15) is 0 Å². The number of carbonyl (C=O) groups is 4. The largest absolute Gasteiger partial charge is 0.460 e. The zero-order chi connectivity index (χ0) is 28.6. The highest BCUT2D eigenvalue weighted by Crippen LogP contribution is 2.55. The molecule has 4 aliphatic rings. The highest BCUT2D eigenvalue weighted by atomic mass is 16.6. The Balaban J connectivity index is 1.61. The minimum atomic E-state index is -1.33. The van der Waals surface area contributed by atoms with Crippen LogP contribution in [0.5, 0.6) is 0 Å². The number of aryl methyl sites for hydroxylation is 2. The number of hydrogen-bond donors (Lipinski definition) is 2. The van der Waals surface area contributed by atoms with Crippen molar-refractivity contribution in [3.05, 3.63) is 53.6 Å². The van der Waals surface area contributed by atoms with Gasteiger partial charge in [-0.25, -0.2) is 0 Å². The predicted molar refractivity (Wildman–Crippen MR) is 146 cm³/mol. The smallest absolute Gasteiger partial charge is 0.313 e. The number of rotatable bonds is 4. The molecule has 1 aromatic carbocycles. The third kappa shape index (κ3) is 4.83. The van der Waals surface area contributed by atoms with Crippen molar-refractivity contribution in [2.75, 3.05) is 31.1 Å². The van der Waals surface area contributed by atoms with Crippen molar-refractivity contribution in [1.29, 1.82) is 0 Å². The predicted octanol–water partition coefficient (Wildman–Crippen LogP) is 1.57. The molecule has 2 fully saturated rings. The maximum atomic E-state index is 14.6. The van der Waals surface area contributed by atoms with Crippen molar-refractivity contribution in [1.82, 2.24) is 10.2 Å². The molecule has 0 radical (unpaired) electrons. The Morgan fingerprint density at radius 2 is 1.93 bits per heavy atom. The van der Waals surface area contributed by atoms with E-state index in [9.17, 15) is 24.3 Å². The molecule has 0 unspecified atom stereocenters. The molecule has 2 N–H and O–H groups in total. The van der Waals surface area contributed by atoms with E-state index < -0.39 is 41.7 Å². The van der Waals surface area contributed by atoms with Crippen LogP contribution in [-0.4, -0.2) is 83.8 Å². The summed E-state index contributed by atoms with van der Waals surface area (Å²) in [4.78, 5) is 57.5. The van der Waals surface area contributed by atoms with Crippen LogP contribution in [0.4, 0.5) is 5.69 Å². The minimum Gasteiger partial charge on any atom is -0.460 e. The fraction of sp³-hybridized carbons (Fsp3) is 0.533. The molecular formula is C30H37N3O7. The SMILES string of the molecule is Cc1ccc(C)c(N2C/C=C\CCC(=O)NC[C@H](C)OC(=O)[C@@H]3[C@H]4C(=O)N(CCCO)[C@H](C2=O)[C@]42C=C[C@H]3O2)c1. The van der Waals surface area contributed by atoms with Crippen molar-refractivity contribution >= 4 is 29.4 Å². The molecule has 40 heavy (non-hydrogen) atoms. The summed E-state index contributed by atoms with van der Waals surface area (Å²) < 4.78 is 12.1. The first-order valence-electron chi connectivity index (χ1n) is 14.0. The Morgan fingerprint density at radius 3 is 2.70 bits per heavy atom. The van der Waals surface area contributed by atoms with Crippen molar-refractivity contribution in [2.24, 2.45) is 11.8 Å². The summed E-state index contributed by atoms with van der Waals surface area (Å²) in [5.41, 5.74) is 1.24. The average Bonchev–Trinajstić information content (AvgIpc) is 3.56. The molecule has 4 aliphatic heterocycles. The Labute approximate surface area is 234 Å². The van der Waals surface area contributed by atoms with Crippen LogP contribution >= 0.6 is 0 Å². The van der Waals surface area contributed by atoms with E-state index in [4.69, 9.17) is 9.47 Å². The molecule has 10 heteroatoms. The lowest BCUT2D eigenvalue weighted by Gasteiger charge is -2.36. The van der Waals surface area contributed by atoms with E-state index in [1.165, 1.54) is 4.90 Å². The Kier molecular flexibility index (Phi) is 7.83. The number of nitrogens with one attached hydrogen (secondary N) is 1. The highest BCUT2D eigenvalue weighted by Gasteiger charge is 2.73. The molecule has 0 saturated carbocycles. The number of nitrogens with zero attached hydrogens (tertiary/aromatic N) is 2. The van der Waals surface area contributed by atoms with Gasteiger partial charge in [0.05, 0.1) is 18.6 Å². The zero-order valence-electron chi connectivity index (χ0n) is 23.2. The number of ether oxygens (including phenoxy) is 2. The lowest BCUT2D eigenvalue weighted by molar-refractivity contribution is -0.158. The van der Waals surface area contributed by atoms with Gasteiger partial charge in [-0.3, -0.25) is 19.2 Å². The van der Waals surface area contributed by atoms with Crippen LogP contribution < -0.4 is 10.2 Å². The number of cyclic esters (lactones) is 1. The van der Waals surface area contributed by atoms with Crippen LogP contribution in [0.3, 0.4) is 0 Å². The van der Waals surface area contributed by atoms with E-state index >= 15 is 0 Å². The average molecular weight is 552 g/mol. The maximum absolute atomic E-state index is 14.6. The van der Waals surface area contributed by atoms with E-state index in [1.54, 1.807) is 24.0 Å². The Hall–Kier alpha value is -3.50. The van der Waals surface area contributed by atoms with E-state index in [0.29, 0.717) is 12.1 Å². The molecule has 6 atom stereocenters. The van der Waals surface area contributed by atoms with E-state index in [2.05, 4.69) is 5.32 Å². The monoisotopic (exact) mass is 551 g/mol. The Bertz CT molecular complexity index is 1260. The van der Waals surface area contributed by atoms with Gasteiger partial charge in [0.2, 0.25) is 11.8 Å². The number of benzene rings is 1. The molecule has 2 saturated heterocycles. The topological polar surface area (TPSA) is 125 Å². The second-order valence-corrected chi connectivity index (χ2v) is 11.1. The molecule has 10 nitrogen and oxygen atoms in total. The van der Waals surface area contributed by atoms with Gasteiger partial charge >= 0.3 is 5.97 Å². The van der Waals surface area contributed by atoms with Crippen molar-refractivity contribution in [3.63, 3.8) is 0 Å². The van der Waals surface area contributed by atoms with Crippen LogP contribution in [0.25, 0.3) is 0 Å².